The van der Waals surface area contributed by atoms with E-state index < -0.39 is 0 Å². The van der Waals surface area contributed by atoms with Gasteiger partial charge in [0, 0.05) is 25.3 Å². The summed E-state index contributed by atoms with van der Waals surface area (Å²) in [5.41, 5.74) is 9.05. The van der Waals surface area contributed by atoms with E-state index in [0.29, 0.717) is 0 Å². The molecule has 7 aromatic rings. The number of hydrogen-bond acceptors (Lipinski definition) is 3. The molecule has 0 saturated heterocycles. The Morgan fingerprint density at radius 3 is 2.42 bits per heavy atom. The normalized spacial score (nSPS) is 13.7. The Kier molecular flexibility index (Phi) is 4.83. The highest BCUT2D eigenvalue weighted by molar-refractivity contribution is 7.99. The average molecular weight is 546 g/mol. The molecule has 1 aliphatic carbocycles. The molecule has 0 amide bonds. The topological polar surface area (TPSA) is 3.24 Å². The van der Waals surface area contributed by atoms with Crippen molar-refractivity contribution >= 4 is 77.2 Å². The van der Waals surface area contributed by atoms with E-state index in [1.807, 2.05) is 23.1 Å². The number of thiophene rings is 1. The van der Waals surface area contributed by atoms with E-state index in [9.17, 15) is 0 Å². The van der Waals surface area contributed by atoms with E-state index >= 15 is 0 Å². The van der Waals surface area contributed by atoms with Gasteiger partial charge in [-0.3, -0.25) is 0 Å². The first-order chi connectivity index (χ1) is 19.8. The summed E-state index contributed by atoms with van der Waals surface area (Å²) in [6.07, 6.45) is 5.57. The fraction of sp³-hybridized carbons (Fsp3) is 0.0270. The van der Waals surface area contributed by atoms with Gasteiger partial charge in [0.05, 0.1) is 21.8 Å². The number of rotatable bonds is 2. The van der Waals surface area contributed by atoms with Gasteiger partial charge in [-0.2, -0.15) is 0 Å². The Balaban J connectivity index is 1.36. The van der Waals surface area contributed by atoms with E-state index in [1.165, 1.54) is 80.1 Å². The van der Waals surface area contributed by atoms with E-state index in [0.717, 1.165) is 6.42 Å². The first kappa shape index (κ1) is 22.5. The fourth-order valence-corrected chi connectivity index (χ4v) is 8.89. The zero-order valence-electron chi connectivity index (χ0n) is 21.6. The molecule has 0 N–H and O–H groups in total. The molecule has 188 valence electrons. The van der Waals surface area contributed by atoms with Crippen LogP contribution in [-0.4, -0.2) is 0 Å². The third-order valence-electron chi connectivity index (χ3n) is 8.23. The van der Waals surface area contributed by atoms with E-state index in [2.05, 4.69) is 132 Å². The van der Waals surface area contributed by atoms with Crippen molar-refractivity contribution in [3.63, 3.8) is 0 Å². The van der Waals surface area contributed by atoms with Crippen LogP contribution in [0.1, 0.15) is 11.1 Å². The number of nitrogens with zero attached hydrogens (tertiary/aromatic N) is 1. The molecule has 9 rings (SSSR count). The molecule has 2 heterocycles. The van der Waals surface area contributed by atoms with Crippen LogP contribution >= 0.6 is 23.1 Å². The predicted molar refractivity (Wildman–Crippen MR) is 174 cm³/mol. The van der Waals surface area contributed by atoms with Crippen molar-refractivity contribution in [2.75, 3.05) is 4.90 Å². The van der Waals surface area contributed by atoms with Crippen molar-refractivity contribution in [2.45, 2.75) is 16.2 Å². The molecule has 3 heteroatoms. The summed E-state index contributed by atoms with van der Waals surface area (Å²) >= 11 is 3.84. The Bertz CT molecular complexity index is 2170. The largest absolute Gasteiger partial charge is 0.307 e. The standard InChI is InChI=1S/C37H23NS2/c1-2-9-23(10-3-1)25-19-20-30-34(22-25)40-37-29-16-7-12-24-11-6-13-26(35(24)29)21-32(37)38(30)31-17-8-15-28-27-14-4-5-18-33(27)39-36(28)31/h1-15,17-22H,16H2. The third kappa shape index (κ3) is 3.22. The van der Waals surface area contributed by atoms with E-state index in [4.69, 9.17) is 0 Å². The summed E-state index contributed by atoms with van der Waals surface area (Å²) in [4.78, 5) is 5.21. The second-order valence-electron chi connectivity index (χ2n) is 10.5. The van der Waals surface area contributed by atoms with Crippen molar-refractivity contribution in [3.8, 4) is 11.1 Å². The molecule has 1 nitrogen and oxygen atoms in total. The van der Waals surface area contributed by atoms with Crippen LogP contribution in [0, 0.1) is 0 Å². The number of allylic oxidation sites excluding steroid dienone is 1. The van der Waals surface area contributed by atoms with Gasteiger partial charge in [-0.1, -0.05) is 109 Å². The van der Waals surface area contributed by atoms with Gasteiger partial charge in [0.2, 0.25) is 0 Å². The highest BCUT2D eigenvalue weighted by atomic mass is 32.2. The second kappa shape index (κ2) is 8.59. The van der Waals surface area contributed by atoms with Gasteiger partial charge in [0.1, 0.15) is 0 Å². The van der Waals surface area contributed by atoms with Crippen LogP contribution in [-0.2, 0) is 6.42 Å². The van der Waals surface area contributed by atoms with E-state index in [-0.39, 0.29) is 0 Å². The minimum atomic E-state index is 0.957. The molecule has 2 aliphatic rings. The zero-order valence-corrected chi connectivity index (χ0v) is 23.2. The van der Waals surface area contributed by atoms with Gasteiger partial charge in [0.15, 0.2) is 0 Å². The molecule has 0 unspecified atom stereocenters. The minimum Gasteiger partial charge on any atom is -0.307 e. The Hall–Kier alpha value is -4.31. The molecule has 0 atom stereocenters. The van der Waals surface area contributed by atoms with Crippen LogP contribution in [0.5, 0.6) is 0 Å². The van der Waals surface area contributed by atoms with Crippen LogP contribution in [0.3, 0.4) is 0 Å². The Morgan fingerprint density at radius 2 is 1.48 bits per heavy atom. The van der Waals surface area contributed by atoms with Crippen molar-refractivity contribution in [3.05, 3.63) is 132 Å². The molecule has 0 bridgehead atoms. The molecule has 40 heavy (non-hydrogen) atoms. The van der Waals surface area contributed by atoms with Crippen LogP contribution in [0.25, 0.3) is 48.1 Å². The highest BCUT2D eigenvalue weighted by Crippen LogP contribution is 2.57. The van der Waals surface area contributed by atoms with Gasteiger partial charge < -0.3 is 4.90 Å². The predicted octanol–water partition coefficient (Wildman–Crippen LogP) is 11.4. The molecule has 1 aromatic heterocycles. The lowest BCUT2D eigenvalue weighted by Crippen LogP contribution is -2.16. The lowest BCUT2D eigenvalue weighted by atomic mass is 9.92. The molecule has 0 saturated carbocycles. The van der Waals surface area contributed by atoms with Crippen LogP contribution in [0.2, 0.25) is 0 Å². The molecule has 6 aromatic carbocycles. The molecule has 0 fully saturated rings. The summed E-state index contributed by atoms with van der Waals surface area (Å²) < 4.78 is 2.67. The van der Waals surface area contributed by atoms with Crippen molar-refractivity contribution in [1.29, 1.82) is 0 Å². The number of fused-ring (bicyclic) bond motifs is 6. The lowest BCUT2D eigenvalue weighted by Gasteiger charge is -2.35. The first-order valence-corrected chi connectivity index (χ1v) is 15.3. The van der Waals surface area contributed by atoms with Crippen LogP contribution < -0.4 is 4.90 Å². The highest BCUT2D eigenvalue weighted by Gasteiger charge is 2.30. The van der Waals surface area contributed by atoms with Gasteiger partial charge >= 0.3 is 0 Å². The van der Waals surface area contributed by atoms with Crippen molar-refractivity contribution in [2.24, 2.45) is 0 Å². The Morgan fingerprint density at radius 1 is 0.625 bits per heavy atom. The minimum absolute atomic E-state index is 0.957. The summed E-state index contributed by atoms with van der Waals surface area (Å²) in [6, 6.07) is 42.5. The maximum atomic E-state index is 2.54. The fourth-order valence-electron chi connectivity index (χ4n) is 6.45. The van der Waals surface area contributed by atoms with Crippen molar-refractivity contribution < 1.29 is 0 Å². The monoisotopic (exact) mass is 545 g/mol. The number of benzene rings is 6. The lowest BCUT2D eigenvalue weighted by molar-refractivity contribution is 1.12. The summed E-state index contributed by atoms with van der Waals surface area (Å²) in [5, 5.41) is 5.37. The summed E-state index contributed by atoms with van der Waals surface area (Å²) in [6.45, 7) is 0. The molecule has 0 radical (unpaired) electrons. The SMILES string of the molecule is C1=Cc2cccc3cc4c(c(c23)C1)Sc1cc(-c2ccccc2)ccc1N4c1cccc2c1sc1ccccc12. The third-order valence-corrected chi connectivity index (χ3v) is 10.6. The zero-order chi connectivity index (χ0) is 26.2. The Labute approximate surface area is 241 Å². The van der Waals surface area contributed by atoms with Crippen molar-refractivity contribution in [1.82, 2.24) is 0 Å². The molecular weight excluding hydrogens is 523 g/mol. The smallest absolute Gasteiger partial charge is 0.0641 e. The second-order valence-corrected chi connectivity index (χ2v) is 12.6. The van der Waals surface area contributed by atoms with Crippen LogP contribution in [0.15, 0.2) is 131 Å². The number of hydrogen-bond donors (Lipinski definition) is 0. The summed E-state index contributed by atoms with van der Waals surface area (Å²) in [5.74, 6) is 0. The molecule has 1 aliphatic heterocycles. The number of anilines is 3. The van der Waals surface area contributed by atoms with Gasteiger partial charge in [-0.05, 0) is 69.8 Å². The van der Waals surface area contributed by atoms with Gasteiger partial charge in [-0.15, -0.1) is 11.3 Å². The molecular formula is C37H23NS2. The maximum Gasteiger partial charge on any atom is 0.0641 e. The molecule has 0 spiro atoms. The first-order valence-electron chi connectivity index (χ1n) is 13.7. The maximum absolute atomic E-state index is 2.54. The van der Waals surface area contributed by atoms with E-state index in [1.54, 1.807) is 0 Å². The van der Waals surface area contributed by atoms with Crippen LogP contribution in [0.4, 0.5) is 17.1 Å². The average Bonchev–Trinajstić information content (AvgIpc) is 3.40. The van der Waals surface area contributed by atoms with Gasteiger partial charge in [0.25, 0.3) is 0 Å². The quantitative estimate of drug-likeness (QED) is 0.212. The van der Waals surface area contributed by atoms with Gasteiger partial charge in [-0.25, -0.2) is 0 Å². The summed E-state index contributed by atoms with van der Waals surface area (Å²) in [7, 11) is 0.